The van der Waals surface area contributed by atoms with Crippen molar-refractivity contribution < 1.29 is 59.1 Å². The van der Waals surface area contributed by atoms with Crippen molar-refractivity contribution in [3.05, 3.63) is 58.7 Å². The maximum atomic E-state index is 13.0. The highest BCUT2D eigenvalue weighted by molar-refractivity contribution is 7.92. The monoisotopic (exact) mass is 701 g/mol. The second-order valence-corrected chi connectivity index (χ2v) is 14.9. The van der Waals surface area contributed by atoms with Crippen LogP contribution in [0.5, 0.6) is 5.75 Å². The lowest BCUT2D eigenvalue weighted by molar-refractivity contribution is -0.327. The van der Waals surface area contributed by atoms with Crippen molar-refractivity contribution >= 4 is 44.6 Å². The van der Waals surface area contributed by atoms with Crippen molar-refractivity contribution in [1.82, 2.24) is 15.3 Å². The lowest BCUT2D eigenvalue weighted by atomic mass is 9.82. The van der Waals surface area contributed by atoms with Crippen molar-refractivity contribution in [1.29, 1.82) is 0 Å². The summed E-state index contributed by atoms with van der Waals surface area (Å²) in [5, 5.41) is 99.5. The Morgan fingerprint density at radius 3 is 2.09 bits per heavy atom. The predicted molar refractivity (Wildman–Crippen MR) is 165 cm³/mol. The van der Waals surface area contributed by atoms with Gasteiger partial charge in [-0.15, -0.1) is 0 Å². The number of benzene rings is 2. The van der Waals surface area contributed by atoms with Crippen LogP contribution in [0, 0.1) is 0 Å². The summed E-state index contributed by atoms with van der Waals surface area (Å²) in [4.78, 5) is 5.94. The molecule has 0 saturated carbocycles. The molecule has 0 spiro atoms. The summed E-state index contributed by atoms with van der Waals surface area (Å²) in [5.41, 5.74) is -1.05. The molecule has 17 nitrogen and oxygen atoms in total. The number of hydrogen-bond donors (Lipinski definition) is 12. The molecular formula is C28H36ClN5O12S. The van der Waals surface area contributed by atoms with Gasteiger partial charge in [-0.1, -0.05) is 23.7 Å². The second kappa shape index (κ2) is 12.3. The van der Waals surface area contributed by atoms with Crippen LogP contribution in [0.1, 0.15) is 57.6 Å². The Balaban J connectivity index is 1.80. The number of hydrogen-bond acceptors (Lipinski definition) is 17. The summed E-state index contributed by atoms with van der Waals surface area (Å²) in [6, 6.07) is 7.74. The summed E-state index contributed by atoms with van der Waals surface area (Å²) >= 11 is 6.30. The van der Waals surface area contributed by atoms with Crippen molar-refractivity contribution in [2.45, 2.75) is 79.9 Å². The van der Waals surface area contributed by atoms with Gasteiger partial charge >= 0.3 is 5.97 Å². The van der Waals surface area contributed by atoms with E-state index in [0.29, 0.717) is 0 Å². The minimum absolute atomic E-state index is 0.0131. The number of piperidine rings is 1. The molecule has 0 bridgehead atoms. The molecule has 1 aliphatic heterocycles. The summed E-state index contributed by atoms with van der Waals surface area (Å²) in [7, 11) is -4.26. The van der Waals surface area contributed by atoms with Crippen LogP contribution in [-0.2, 0) is 15.8 Å². The van der Waals surface area contributed by atoms with Gasteiger partial charge in [0, 0.05) is 32.3 Å². The molecule has 2 heterocycles. The quantitative estimate of drug-likeness (QED) is 0.124. The van der Waals surface area contributed by atoms with E-state index in [9.17, 15) is 54.4 Å². The Kier molecular flexibility index (Phi) is 9.60. The summed E-state index contributed by atoms with van der Waals surface area (Å²) in [5.74, 6) is -12.9. The first kappa shape index (κ1) is 36.6. The molecule has 1 fully saturated rings. The molecule has 4 rings (SSSR count). The third-order valence-corrected chi connectivity index (χ3v) is 9.38. The summed E-state index contributed by atoms with van der Waals surface area (Å²) in [6.45, 7) is 4.76. The van der Waals surface area contributed by atoms with Gasteiger partial charge in [-0.05, 0) is 49.6 Å². The van der Waals surface area contributed by atoms with E-state index < -0.39 is 62.7 Å². The van der Waals surface area contributed by atoms with Gasteiger partial charge in [0.05, 0.1) is 22.5 Å². The maximum Gasteiger partial charge on any atom is 0.304 e. The molecule has 0 aliphatic carbocycles. The van der Waals surface area contributed by atoms with Crippen LogP contribution in [0.15, 0.2) is 47.5 Å². The van der Waals surface area contributed by atoms with Crippen LogP contribution in [0.25, 0.3) is 0 Å². The zero-order chi connectivity index (χ0) is 35.4. The maximum absolute atomic E-state index is 13.0. The molecular weight excluding hydrogens is 666 g/mol. The normalized spacial score (nSPS) is 17.3. The number of rotatable bonds is 10. The molecule has 258 valence electrons. The average molecular weight is 702 g/mol. The number of para-hydroxylation sites is 1. The number of halogens is 1. The number of nitrogens with zero attached hydrogens (tertiary/aromatic N) is 2. The van der Waals surface area contributed by atoms with Gasteiger partial charge in [-0.25, -0.2) is 18.7 Å². The first-order chi connectivity index (χ1) is 21.3. The van der Waals surface area contributed by atoms with Crippen molar-refractivity contribution in [2.24, 2.45) is 0 Å². The zero-order valence-electron chi connectivity index (χ0n) is 25.5. The van der Waals surface area contributed by atoms with Gasteiger partial charge in [0.15, 0.2) is 10.8 Å². The van der Waals surface area contributed by atoms with Crippen molar-refractivity contribution in [3.8, 4) is 5.75 Å². The molecule has 3 aromatic rings. The smallest absolute Gasteiger partial charge is 0.304 e. The highest BCUT2D eigenvalue weighted by Gasteiger charge is 2.47. The fourth-order valence-electron chi connectivity index (χ4n) is 4.91. The van der Waals surface area contributed by atoms with Crippen molar-refractivity contribution in [3.63, 3.8) is 0 Å². The lowest BCUT2D eigenvalue weighted by Crippen LogP contribution is -2.63. The molecule has 0 unspecified atom stereocenters. The van der Waals surface area contributed by atoms with Crippen LogP contribution in [-0.4, -0.2) is 86.9 Å². The number of nitrogens with one attached hydrogen (secondary N) is 3. The fraction of sp³-hybridized carbons (Fsp3) is 0.429. The minimum Gasteiger partial charge on any atom is -0.461 e. The first-order valence-corrected chi connectivity index (χ1v) is 15.7. The van der Waals surface area contributed by atoms with Gasteiger partial charge in [0.1, 0.15) is 10.8 Å². The van der Waals surface area contributed by atoms with Gasteiger partial charge in [-0.2, -0.15) is 4.98 Å². The molecule has 12 N–H and O–H groups in total. The van der Waals surface area contributed by atoms with Crippen LogP contribution in [0.3, 0.4) is 0 Å². The Bertz CT molecular complexity index is 1740. The van der Waals surface area contributed by atoms with Crippen molar-refractivity contribution in [2.75, 3.05) is 10.6 Å². The largest absolute Gasteiger partial charge is 0.461 e. The van der Waals surface area contributed by atoms with Gasteiger partial charge < -0.3 is 61.3 Å². The standard InChI is InChI=1S/C28H36ClN5O12S/c1-24(2,35)46-20-9-15(14-11-26(37,38)34-27(39,40)12-14)16(28(41,42)43)10-19(20)32-23-30-13-17(29)22(33-23)31-18-7-5-6-8-21(18)47(44,45)25(3,4)36/h5-10,13-14,34-43H,11-12H2,1-4H3,(H2,30,31,32,33). The first-order valence-electron chi connectivity index (χ1n) is 13.9. The molecule has 19 heteroatoms. The number of aromatic nitrogens is 2. The molecule has 47 heavy (non-hydrogen) atoms. The Morgan fingerprint density at radius 2 is 1.53 bits per heavy atom. The average Bonchev–Trinajstić information content (AvgIpc) is 2.87. The molecule has 0 amide bonds. The van der Waals surface area contributed by atoms with Crippen LogP contribution in [0.4, 0.5) is 23.1 Å². The highest BCUT2D eigenvalue weighted by Crippen LogP contribution is 2.44. The number of aliphatic hydroxyl groups is 9. The second-order valence-electron chi connectivity index (χ2n) is 12.1. The predicted octanol–water partition coefficient (Wildman–Crippen LogP) is 0.0575. The highest BCUT2D eigenvalue weighted by atomic mass is 35.5. The number of anilines is 4. The molecule has 1 aliphatic rings. The van der Waals surface area contributed by atoms with E-state index in [1.165, 1.54) is 38.1 Å². The summed E-state index contributed by atoms with van der Waals surface area (Å²) in [6.07, 6.45) is -0.0902. The van der Waals surface area contributed by atoms with E-state index in [4.69, 9.17) is 16.3 Å². The molecule has 0 atom stereocenters. The van der Waals surface area contributed by atoms with Gasteiger partial charge in [-0.3, -0.25) is 0 Å². The van der Waals surface area contributed by atoms with E-state index in [1.54, 1.807) is 5.32 Å². The molecule has 1 saturated heterocycles. The molecule has 2 aromatic carbocycles. The van der Waals surface area contributed by atoms with E-state index >= 15 is 0 Å². The lowest BCUT2D eigenvalue weighted by Gasteiger charge is -2.42. The Hall–Kier alpha value is -3.24. The van der Waals surface area contributed by atoms with E-state index in [2.05, 4.69) is 20.6 Å². The van der Waals surface area contributed by atoms with Gasteiger partial charge in [0.2, 0.25) is 33.4 Å². The summed E-state index contributed by atoms with van der Waals surface area (Å²) < 4.78 is 31.7. The molecule has 0 radical (unpaired) electrons. The van der Waals surface area contributed by atoms with E-state index in [1.807, 2.05) is 0 Å². The van der Waals surface area contributed by atoms with Gasteiger partial charge in [0.25, 0.3) is 0 Å². The Morgan fingerprint density at radius 1 is 0.936 bits per heavy atom. The minimum atomic E-state index is -4.26. The number of ether oxygens (including phenoxy) is 1. The topological polar surface area (TPSA) is 287 Å². The van der Waals surface area contributed by atoms with Crippen LogP contribution < -0.4 is 20.7 Å². The fourth-order valence-corrected chi connectivity index (χ4v) is 6.26. The zero-order valence-corrected chi connectivity index (χ0v) is 27.0. The third-order valence-electron chi connectivity index (χ3n) is 6.85. The van der Waals surface area contributed by atoms with Crippen LogP contribution >= 0.6 is 11.6 Å². The molecule has 1 aromatic heterocycles. The third kappa shape index (κ3) is 8.62. The van der Waals surface area contributed by atoms with E-state index in [0.717, 1.165) is 32.2 Å². The SMILES string of the molecule is CC(C)(O)Oc1cc(C2CC(O)(O)NC(O)(O)C2)c(C(O)(O)O)cc1Nc1ncc(Cl)c(Nc2ccccc2S(=O)(=O)C(C)(C)O)n1. The van der Waals surface area contributed by atoms with Crippen LogP contribution in [0.2, 0.25) is 5.02 Å². The Labute approximate surface area is 273 Å². The number of sulfone groups is 1. The van der Waals surface area contributed by atoms with E-state index in [-0.39, 0.29) is 44.4 Å².